The first-order chi connectivity index (χ1) is 14.6. The fraction of sp³-hybridized carbons (Fsp3) is 0.208. The summed E-state index contributed by atoms with van der Waals surface area (Å²) in [6, 6.07) is 16.5. The number of thiophene rings is 1. The molecule has 0 radical (unpaired) electrons. The van der Waals surface area contributed by atoms with Gasteiger partial charge in [0, 0.05) is 22.7 Å². The number of benzene rings is 2. The summed E-state index contributed by atoms with van der Waals surface area (Å²) in [5, 5.41) is 2.92. The van der Waals surface area contributed by atoms with Crippen molar-refractivity contribution in [2.75, 3.05) is 11.5 Å². The predicted molar refractivity (Wildman–Crippen MR) is 120 cm³/mol. The highest BCUT2D eigenvalue weighted by Gasteiger charge is 2.31. The molecule has 2 aromatic heterocycles. The summed E-state index contributed by atoms with van der Waals surface area (Å²) < 4.78 is 5.97. The van der Waals surface area contributed by atoms with Crippen LogP contribution < -0.4 is 9.64 Å². The van der Waals surface area contributed by atoms with Crippen LogP contribution in [0.3, 0.4) is 0 Å². The Morgan fingerprint density at radius 2 is 1.97 bits per heavy atom. The molecule has 0 fully saturated rings. The molecule has 4 aromatic rings. The molecule has 0 bridgehead atoms. The number of carbonyl (C=O) groups excluding carboxylic acids is 1. The molecule has 1 amide bonds. The van der Waals surface area contributed by atoms with Gasteiger partial charge in [0.05, 0.1) is 5.39 Å². The van der Waals surface area contributed by atoms with Crippen LogP contribution in [0, 0.1) is 6.92 Å². The maximum absolute atomic E-state index is 13.0. The molecular formula is C24H21N3O2S. The van der Waals surface area contributed by atoms with Crippen molar-refractivity contribution in [2.45, 2.75) is 26.3 Å². The van der Waals surface area contributed by atoms with Crippen molar-refractivity contribution in [1.29, 1.82) is 0 Å². The van der Waals surface area contributed by atoms with Crippen LogP contribution in [0.25, 0.3) is 21.3 Å². The van der Waals surface area contributed by atoms with Crippen LogP contribution >= 0.6 is 11.3 Å². The van der Waals surface area contributed by atoms with E-state index in [-0.39, 0.29) is 18.6 Å². The number of rotatable bonds is 4. The van der Waals surface area contributed by atoms with E-state index in [1.54, 1.807) is 11.3 Å². The van der Waals surface area contributed by atoms with E-state index in [9.17, 15) is 4.79 Å². The number of hydrogen-bond donors (Lipinski definition) is 0. The highest BCUT2D eigenvalue weighted by Crippen LogP contribution is 2.38. The minimum Gasteiger partial charge on any atom is -0.467 e. The second kappa shape index (κ2) is 7.54. The molecule has 5 rings (SSSR count). The Balaban J connectivity index is 1.43. The normalized spacial score (nSPS) is 15.4. The van der Waals surface area contributed by atoms with E-state index in [2.05, 4.69) is 59.5 Å². The van der Waals surface area contributed by atoms with Crippen molar-refractivity contribution < 1.29 is 9.53 Å². The molecule has 3 heterocycles. The number of ether oxygens (including phenoxy) is 1. The van der Waals surface area contributed by atoms with Crippen LogP contribution in [0.1, 0.15) is 18.1 Å². The largest absolute Gasteiger partial charge is 0.467 e. The van der Waals surface area contributed by atoms with Crippen LogP contribution in [-0.4, -0.2) is 28.5 Å². The minimum atomic E-state index is -0.0636. The van der Waals surface area contributed by atoms with Gasteiger partial charge >= 0.3 is 0 Å². The number of nitrogens with zero attached hydrogens (tertiary/aromatic N) is 3. The Bertz CT molecular complexity index is 1230. The number of hydrogen-bond acceptors (Lipinski definition) is 5. The Morgan fingerprint density at radius 3 is 2.80 bits per heavy atom. The van der Waals surface area contributed by atoms with Crippen molar-refractivity contribution in [3.8, 4) is 17.0 Å². The SMILES string of the molecule is Cc1ccc(-c2csc3ncnc(OCC(=O)N4c5ccccc5CC4C)c23)cc1. The molecule has 30 heavy (non-hydrogen) atoms. The fourth-order valence-corrected chi connectivity index (χ4v) is 4.95. The molecule has 2 aromatic carbocycles. The minimum absolute atomic E-state index is 0.0615. The van der Waals surface area contributed by atoms with E-state index in [1.807, 2.05) is 23.1 Å². The van der Waals surface area contributed by atoms with Crippen molar-refractivity contribution >= 4 is 33.1 Å². The molecule has 1 atom stereocenters. The summed E-state index contributed by atoms with van der Waals surface area (Å²) >= 11 is 1.55. The van der Waals surface area contributed by atoms with Crippen molar-refractivity contribution in [1.82, 2.24) is 9.97 Å². The molecule has 0 spiro atoms. The van der Waals surface area contributed by atoms with Crippen molar-refractivity contribution in [3.63, 3.8) is 0 Å². The lowest BCUT2D eigenvalue weighted by Crippen LogP contribution is -2.39. The summed E-state index contributed by atoms with van der Waals surface area (Å²) in [6.45, 7) is 4.07. The number of carbonyl (C=O) groups is 1. The third-order valence-corrected chi connectivity index (χ3v) is 6.39. The topological polar surface area (TPSA) is 55.3 Å². The van der Waals surface area contributed by atoms with Gasteiger partial charge in [0.15, 0.2) is 6.61 Å². The quantitative estimate of drug-likeness (QED) is 0.469. The first-order valence-corrected chi connectivity index (χ1v) is 10.8. The second-order valence-electron chi connectivity index (χ2n) is 7.61. The van der Waals surface area contributed by atoms with Crippen molar-refractivity contribution in [3.05, 3.63) is 71.4 Å². The van der Waals surface area contributed by atoms with E-state index in [0.717, 1.165) is 33.5 Å². The zero-order valence-corrected chi connectivity index (χ0v) is 17.6. The van der Waals surface area contributed by atoms with E-state index in [0.29, 0.717) is 5.88 Å². The molecule has 5 nitrogen and oxygen atoms in total. The molecule has 6 heteroatoms. The van der Waals surface area contributed by atoms with Crippen LogP contribution in [0.4, 0.5) is 5.69 Å². The van der Waals surface area contributed by atoms with Gasteiger partial charge < -0.3 is 9.64 Å². The molecule has 0 saturated heterocycles. The Hall–Kier alpha value is -3.25. The summed E-state index contributed by atoms with van der Waals surface area (Å²) in [6.07, 6.45) is 2.35. The Morgan fingerprint density at radius 1 is 1.17 bits per heavy atom. The standard InChI is InChI=1S/C24H21N3O2S/c1-15-7-9-17(10-8-15)19-13-30-24-22(19)23(25-14-26-24)29-12-21(28)27-16(2)11-18-5-3-4-6-20(18)27/h3-10,13-14,16H,11-12H2,1-2H3. The highest BCUT2D eigenvalue weighted by atomic mass is 32.1. The molecular weight excluding hydrogens is 394 g/mol. The Kier molecular flexibility index (Phi) is 4.71. The van der Waals surface area contributed by atoms with E-state index in [1.165, 1.54) is 17.5 Å². The van der Waals surface area contributed by atoms with Gasteiger partial charge in [0.25, 0.3) is 5.91 Å². The molecule has 0 N–H and O–H groups in total. The number of fused-ring (bicyclic) bond motifs is 2. The number of amides is 1. The number of aromatic nitrogens is 2. The highest BCUT2D eigenvalue weighted by molar-refractivity contribution is 7.17. The molecule has 150 valence electrons. The molecule has 1 aliphatic rings. The van der Waals surface area contributed by atoms with E-state index >= 15 is 0 Å². The third kappa shape index (κ3) is 3.23. The van der Waals surface area contributed by atoms with Crippen LogP contribution in [0.2, 0.25) is 0 Å². The van der Waals surface area contributed by atoms with Crippen LogP contribution in [0.5, 0.6) is 5.88 Å². The second-order valence-corrected chi connectivity index (χ2v) is 8.47. The van der Waals surface area contributed by atoms with Gasteiger partial charge in [-0.15, -0.1) is 11.3 Å². The van der Waals surface area contributed by atoms with E-state index < -0.39 is 0 Å². The molecule has 1 aliphatic heterocycles. The van der Waals surface area contributed by atoms with Gasteiger partial charge in [-0.3, -0.25) is 4.79 Å². The lowest BCUT2D eigenvalue weighted by atomic mass is 10.0. The number of anilines is 1. The first kappa shape index (κ1) is 18.8. The zero-order chi connectivity index (χ0) is 20.7. The van der Waals surface area contributed by atoms with Gasteiger partial charge in [-0.25, -0.2) is 9.97 Å². The lowest BCUT2D eigenvalue weighted by Gasteiger charge is -2.22. The summed E-state index contributed by atoms with van der Waals surface area (Å²) in [5.74, 6) is 0.386. The smallest absolute Gasteiger partial charge is 0.265 e. The van der Waals surface area contributed by atoms with Crippen LogP contribution in [-0.2, 0) is 11.2 Å². The first-order valence-electron chi connectivity index (χ1n) is 9.94. The van der Waals surface area contributed by atoms with Gasteiger partial charge in [0.1, 0.15) is 11.2 Å². The fourth-order valence-electron chi connectivity index (χ4n) is 4.05. The van der Waals surface area contributed by atoms with Crippen LogP contribution in [0.15, 0.2) is 60.2 Å². The molecule has 0 aliphatic carbocycles. The number of aryl methyl sites for hydroxylation is 1. The molecule has 0 saturated carbocycles. The lowest BCUT2D eigenvalue weighted by molar-refractivity contribution is -0.120. The number of para-hydroxylation sites is 1. The maximum atomic E-state index is 13.0. The zero-order valence-electron chi connectivity index (χ0n) is 16.8. The van der Waals surface area contributed by atoms with Crippen molar-refractivity contribution in [2.24, 2.45) is 0 Å². The average molecular weight is 416 g/mol. The maximum Gasteiger partial charge on any atom is 0.265 e. The van der Waals surface area contributed by atoms with Gasteiger partial charge in [-0.1, -0.05) is 48.0 Å². The Labute approximate surface area is 179 Å². The average Bonchev–Trinajstić information content (AvgIpc) is 3.33. The monoisotopic (exact) mass is 415 g/mol. The van der Waals surface area contributed by atoms with E-state index in [4.69, 9.17) is 4.74 Å². The summed E-state index contributed by atoms with van der Waals surface area (Å²) in [5.41, 5.74) is 5.49. The van der Waals surface area contributed by atoms with Gasteiger partial charge in [0.2, 0.25) is 5.88 Å². The predicted octanol–water partition coefficient (Wildman–Crippen LogP) is 5.02. The summed E-state index contributed by atoms with van der Waals surface area (Å²) in [7, 11) is 0. The third-order valence-electron chi connectivity index (χ3n) is 5.51. The summed E-state index contributed by atoms with van der Waals surface area (Å²) in [4.78, 5) is 24.4. The molecule has 1 unspecified atom stereocenters. The van der Waals surface area contributed by atoms with Gasteiger partial charge in [-0.05, 0) is 37.5 Å². The van der Waals surface area contributed by atoms with Gasteiger partial charge in [-0.2, -0.15) is 0 Å².